The van der Waals surface area contributed by atoms with Gasteiger partial charge in [0.1, 0.15) is 5.82 Å². The first-order chi connectivity index (χ1) is 14.1. The second kappa shape index (κ2) is 8.80. The summed E-state index contributed by atoms with van der Waals surface area (Å²) in [5.41, 5.74) is 2.75. The summed E-state index contributed by atoms with van der Waals surface area (Å²) >= 11 is 0. The van der Waals surface area contributed by atoms with Crippen molar-refractivity contribution in [2.75, 3.05) is 24.3 Å². The number of nitrogens with zero attached hydrogens (tertiary/aromatic N) is 3. The van der Waals surface area contributed by atoms with Gasteiger partial charge in [0.05, 0.1) is 0 Å². The van der Waals surface area contributed by atoms with E-state index in [-0.39, 0.29) is 17.9 Å². The molecule has 1 amide bonds. The molecule has 29 heavy (non-hydrogen) atoms. The minimum atomic E-state index is 0.114. The van der Waals surface area contributed by atoms with Gasteiger partial charge in [-0.15, -0.1) is 0 Å². The largest absolute Gasteiger partial charge is 0.363 e. The number of carbonyl (C=O) groups excluding carboxylic acids is 1. The number of carbonyl (C=O) groups is 1. The summed E-state index contributed by atoms with van der Waals surface area (Å²) in [6.45, 7) is 0. The molecule has 2 aromatic rings. The van der Waals surface area contributed by atoms with E-state index in [9.17, 15) is 4.79 Å². The topological polar surface area (TPSA) is 70.2 Å². The molecule has 0 bridgehead atoms. The van der Waals surface area contributed by atoms with Gasteiger partial charge < -0.3 is 15.5 Å². The number of fused-ring (bicyclic) bond motifs is 1. The van der Waals surface area contributed by atoms with Crippen LogP contribution in [-0.2, 0) is 17.6 Å². The fraction of sp³-hybridized carbons (Fsp3) is 0.522. The molecule has 6 heteroatoms. The third-order valence-corrected chi connectivity index (χ3v) is 6.22. The van der Waals surface area contributed by atoms with E-state index in [0.717, 1.165) is 50.8 Å². The SMILES string of the molecule is CN(C)c1ccnc(NC2CCC(NC(=O)C3CCc4ccccc4C3)CC2)n1. The highest BCUT2D eigenvalue weighted by molar-refractivity contribution is 5.79. The number of aryl methyl sites for hydroxylation is 1. The lowest BCUT2D eigenvalue weighted by Crippen LogP contribution is -2.43. The minimum Gasteiger partial charge on any atom is -0.363 e. The van der Waals surface area contributed by atoms with E-state index in [0.29, 0.717) is 12.0 Å². The highest BCUT2D eigenvalue weighted by atomic mass is 16.1. The Morgan fingerprint density at radius 3 is 2.48 bits per heavy atom. The molecule has 2 N–H and O–H groups in total. The number of benzene rings is 1. The van der Waals surface area contributed by atoms with Crippen molar-refractivity contribution < 1.29 is 4.79 Å². The Morgan fingerprint density at radius 2 is 1.72 bits per heavy atom. The molecule has 1 unspecified atom stereocenters. The molecule has 0 spiro atoms. The van der Waals surface area contributed by atoms with Crippen LogP contribution < -0.4 is 15.5 Å². The highest BCUT2D eigenvalue weighted by Crippen LogP contribution is 2.27. The van der Waals surface area contributed by atoms with Gasteiger partial charge in [0.25, 0.3) is 0 Å². The third kappa shape index (κ3) is 4.86. The molecule has 0 saturated heterocycles. The van der Waals surface area contributed by atoms with Gasteiger partial charge in [-0.2, -0.15) is 4.98 Å². The van der Waals surface area contributed by atoms with Crippen molar-refractivity contribution in [1.29, 1.82) is 0 Å². The molecule has 1 fully saturated rings. The average Bonchev–Trinajstić information content (AvgIpc) is 2.75. The van der Waals surface area contributed by atoms with Gasteiger partial charge in [0.2, 0.25) is 11.9 Å². The predicted octanol–water partition coefficient (Wildman–Crippen LogP) is 3.19. The zero-order valence-electron chi connectivity index (χ0n) is 17.4. The molecule has 2 aliphatic carbocycles. The van der Waals surface area contributed by atoms with Crippen molar-refractivity contribution in [3.63, 3.8) is 0 Å². The number of nitrogens with one attached hydrogen (secondary N) is 2. The van der Waals surface area contributed by atoms with Crippen LogP contribution >= 0.6 is 0 Å². The van der Waals surface area contributed by atoms with E-state index < -0.39 is 0 Å². The number of anilines is 2. The van der Waals surface area contributed by atoms with E-state index in [1.54, 1.807) is 6.20 Å². The van der Waals surface area contributed by atoms with E-state index >= 15 is 0 Å². The van der Waals surface area contributed by atoms with Gasteiger partial charge in [-0.25, -0.2) is 4.98 Å². The van der Waals surface area contributed by atoms with Crippen LogP contribution in [0.15, 0.2) is 36.5 Å². The van der Waals surface area contributed by atoms with E-state index in [2.05, 4.69) is 44.9 Å². The molecular formula is C23H31N5O. The summed E-state index contributed by atoms with van der Waals surface area (Å²) in [7, 11) is 3.95. The molecule has 6 nitrogen and oxygen atoms in total. The summed E-state index contributed by atoms with van der Waals surface area (Å²) in [4.78, 5) is 23.7. The molecule has 154 valence electrons. The Morgan fingerprint density at radius 1 is 1.00 bits per heavy atom. The predicted molar refractivity (Wildman–Crippen MR) is 116 cm³/mol. The zero-order valence-corrected chi connectivity index (χ0v) is 17.4. The zero-order chi connectivity index (χ0) is 20.2. The van der Waals surface area contributed by atoms with E-state index in [4.69, 9.17) is 0 Å². The second-order valence-electron chi connectivity index (χ2n) is 8.54. The van der Waals surface area contributed by atoms with Gasteiger partial charge >= 0.3 is 0 Å². The first-order valence-corrected chi connectivity index (χ1v) is 10.7. The minimum absolute atomic E-state index is 0.114. The standard InChI is InChI=1S/C23H31N5O/c1-28(2)21-13-14-24-23(27-21)26-20-11-9-19(10-12-20)25-22(29)18-8-7-16-5-3-4-6-17(16)15-18/h3-6,13-14,18-20H,7-12,15H2,1-2H3,(H,25,29)(H,24,26,27). The van der Waals surface area contributed by atoms with Gasteiger partial charge in [-0.05, 0) is 62.1 Å². The third-order valence-electron chi connectivity index (χ3n) is 6.22. The molecule has 1 aromatic heterocycles. The summed E-state index contributed by atoms with van der Waals surface area (Å²) in [5, 5.41) is 6.79. The first-order valence-electron chi connectivity index (χ1n) is 10.7. The molecule has 1 saturated carbocycles. The van der Waals surface area contributed by atoms with Crippen molar-refractivity contribution in [2.45, 2.75) is 57.0 Å². The number of aromatic nitrogens is 2. The van der Waals surface area contributed by atoms with Crippen molar-refractivity contribution >= 4 is 17.7 Å². The molecule has 4 rings (SSSR count). The number of hydrogen-bond donors (Lipinski definition) is 2. The van der Waals surface area contributed by atoms with Gasteiger partial charge in [-0.1, -0.05) is 24.3 Å². The Labute approximate surface area is 173 Å². The Bertz CT molecular complexity index is 845. The summed E-state index contributed by atoms with van der Waals surface area (Å²) in [6.07, 6.45) is 8.68. The Hall–Kier alpha value is -2.63. The van der Waals surface area contributed by atoms with Crippen molar-refractivity contribution in [1.82, 2.24) is 15.3 Å². The van der Waals surface area contributed by atoms with Gasteiger partial charge in [-0.3, -0.25) is 4.79 Å². The fourth-order valence-corrected chi connectivity index (χ4v) is 4.47. The summed E-state index contributed by atoms with van der Waals surface area (Å²) in [5.74, 6) is 1.93. The molecule has 0 aliphatic heterocycles. The number of hydrogen-bond acceptors (Lipinski definition) is 5. The van der Waals surface area contributed by atoms with Crippen molar-refractivity contribution in [3.8, 4) is 0 Å². The smallest absolute Gasteiger partial charge is 0.224 e. The summed E-state index contributed by atoms with van der Waals surface area (Å²) < 4.78 is 0. The first kappa shape index (κ1) is 19.7. The second-order valence-corrected chi connectivity index (χ2v) is 8.54. The van der Waals surface area contributed by atoms with Crippen molar-refractivity contribution in [3.05, 3.63) is 47.7 Å². The lowest BCUT2D eigenvalue weighted by molar-refractivity contribution is -0.126. The van der Waals surface area contributed by atoms with Crippen LogP contribution in [0.1, 0.15) is 43.2 Å². The van der Waals surface area contributed by atoms with Crippen LogP contribution in [-0.4, -0.2) is 42.1 Å². The Balaban J connectivity index is 1.25. The van der Waals surface area contributed by atoms with Crippen LogP contribution in [0.5, 0.6) is 0 Å². The molecular weight excluding hydrogens is 362 g/mol. The molecule has 1 heterocycles. The maximum atomic E-state index is 12.8. The monoisotopic (exact) mass is 393 g/mol. The van der Waals surface area contributed by atoms with Crippen molar-refractivity contribution in [2.24, 2.45) is 5.92 Å². The molecule has 1 aromatic carbocycles. The average molecular weight is 394 g/mol. The lowest BCUT2D eigenvalue weighted by atomic mass is 9.83. The maximum absolute atomic E-state index is 12.8. The quantitative estimate of drug-likeness (QED) is 0.816. The van der Waals surface area contributed by atoms with Gasteiger partial charge in [0, 0.05) is 38.3 Å². The maximum Gasteiger partial charge on any atom is 0.224 e. The fourth-order valence-electron chi connectivity index (χ4n) is 4.47. The number of rotatable bonds is 5. The lowest BCUT2D eigenvalue weighted by Gasteiger charge is -2.31. The van der Waals surface area contributed by atoms with E-state index in [1.807, 2.05) is 25.1 Å². The van der Waals surface area contributed by atoms with Crippen LogP contribution in [0.3, 0.4) is 0 Å². The molecule has 1 atom stereocenters. The van der Waals surface area contributed by atoms with E-state index in [1.165, 1.54) is 11.1 Å². The Kier molecular flexibility index (Phi) is 5.97. The molecule has 2 aliphatic rings. The van der Waals surface area contributed by atoms with Crippen LogP contribution in [0, 0.1) is 5.92 Å². The highest BCUT2D eigenvalue weighted by Gasteiger charge is 2.28. The van der Waals surface area contributed by atoms with Crippen LogP contribution in [0.4, 0.5) is 11.8 Å². The summed E-state index contributed by atoms with van der Waals surface area (Å²) in [6, 6.07) is 11.1. The van der Waals surface area contributed by atoms with Crippen LogP contribution in [0.25, 0.3) is 0 Å². The van der Waals surface area contributed by atoms with Gasteiger partial charge in [0.15, 0.2) is 0 Å². The normalized spacial score (nSPS) is 23.7. The molecule has 0 radical (unpaired) electrons. The number of amides is 1. The van der Waals surface area contributed by atoms with Crippen LogP contribution in [0.2, 0.25) is 0 Å².